The highest BCUT2D eigenvalue weighted by atomic mass is 16.2. The van der Waals surface area contributed by atoms with Crippen molar-refractivity contribution in [2.45, 2.75) is 33.6 Å². The largest absolute Gasteiger partial charge is 0.404 e. The Morgan fingerprint density at radius 3 is 2.52 bits per heavy atom. The highest BCUT2D eigenvalue weighted by Gasteiger charge is 2.23. The van der Waals surface area contributed by atoms with Crippen LogP contribution in [0, 0.1) is 5.92 Å². The van der Waals surface area contributed by atoms with Gasteiger partial charge < -0.3 is 16.4 Å². The van der Waals surface area contributed by atoms with Crippen molar-refractivity contribution in [3.8, 4) is 0 Å². The van der Waals surface area contributed by atoms with Crippen LogP contribution in [0.25, 0.3) is 5.57 Å². The van der Waals surface area contributed by atoms with Gasteiger partial charge in [-0.1, -0.05) is 38.1 Å². The molecule has 1 aromatic carbocycles. The predicted molar refractivity (Wildman–Crippen MR) is 122 cm³/mol. The molecule has 1 saturated heterocycles. The molecule has 0 bridgehead atoms. The summed E-state index contributed by atoms with van der Waals surface area (Å²) < 4.78 is 0. The van der Waals surface area contributed by atoms with Crippen LogP contribution in [0.4, 0.5) is 0 Å². The van der Waals surface area contributed by atoms with Crippen molar-refractivity contribution < 1.29 is 4.79 Å². The molecule has 1 amide bonds. The van der Waals surface area contributed by atoms with Gasteiger partial charge in [0.1, 0.15) is 0 Å². The number of allylic oxidation sites excluding steroid dienone is 2. The van der Waals surface area contributed by atoms with Crippen molar-refractivity contribution in [2.24, 2.45) is 27.4 Å². The Morgan fingerprint density at radius 2 is 1.97 bits per heavy atom. The molecule has 0 saturated carbocycles. The van der Waals surface area contributed by atoms with E-state index >= 15 is 0 Å². The fourth-order valence-corrected chi connectivity index (χ4v) is 3.27. The highest BCUT2D eigenvalue weighted by molar-refractivity contribution is 6.09. The number of nitrogens with two attached hydrogens (primary N) is 2. The standard InChI is InChI=1S/C23H33N5O/c1-16(2)13-27-14-20(12-24)19-7-5-18(6-8-19)11-22(25)21-15-28(17(3)29)10-9-23(21)26-4/h5-8,12,14,16H,9-11,13,15,24-25H2,1-4H3. The van der Waals surface area contributed by atoms with Gasteiger partial charge >= 0.3 is 0 Å². The number of likely N-dealkylation sites (tertiary alicyclic amines) is 1. The second kappa shape index (κ2) is 10.6. The zero-order valence-corrected chi connectivity index (χ0v) is 18.0. The van der Waals surface area contributed by atoms with Crippen molar-refractivity contribution in [1.29, 1.82) is 0 Å². The molecule has 4 N–H and O–H groups in total. The molecule has 0 aromatic heterocycles. The summed E-state index contributed by atoms with van der Waals surface area (Å²) in [6.07, 6.45) is 4.76. The van der Waals surface area contributed by atoms with Gasteiger partial charge in [0.05, 0.1) is 0 Å². The number of hydrogen-bond donors (Lipinski definition) is 2. The van der Waals surface area contributed by atoms with Gasteiger partial charge in [0.15, 0.2) is 0 Å². The van der Waals surface area contributed by atoms with Crippen molar-refractivity contribution in [1.82, 2.24) is 4.90 Å². The summed E-state index contributed by atoms with van der Waals surface area (Å²) in [7, 11) is 1.78. The van der Waals surface area contributed by atoms with Gasteiger partial charge in [-0.05, 0) is 17.0 Å². The van der Waals surface area contributed by atoms with Crippen molar-refractivity contribution in [3.05, 3.63) is 52.9 Å². The lowest BCUT2D eigenvalue weighted by Crippen LogP contribution is -2.40. The van der Waals surface area contributed by atoms with Crippen molar-refractivity contribution in [3.63, 3.8) is 0 Å². The molecule has 0 radical (unpaired) electrons. The smallest absolute Gasteiger partial charge is 0.219 e. The van der Waals surface area contributed by atoms with Crippen LogP contribution in [0.3, 0.4) is 0 Å². The molecule has 1 heterocycles. The predicted octanol–water partition coefficient (Wildman–Crippen LogP) is 2.79. The topological polar surface area (TPSA) is 97.1 Å². The van der Waals surface area contributed by atoms with E-state index in [1.807, 2.05) is 23.2 Å². The first kappa shape index (κ1) is 22.4. The number of amides is 1. The summed E-state index contributed by atoms with van der Waals surface area (Å²) >= 11 is 0. The molecule has 1 aliphatic heterocycles. The first-order chi connectivity index (χ1) is 13.8. The number of piperidine rings is 1. The minimum Gasteiger partial charge on any atom is -0.404 e. The lowest BCUT2D eigenvalue weighted by Gasteiger charge is -2.30. The Kier molecular flexibility index (Phi) is 8.19. The van der Waals surface area contributed by atoms with E-state index in [1.54, 1.807) is 20.2 Å². The van der Waals surface area contributed by atoms with Crippen LogP contribution in [-0.4, -0.2) is 49.4 Å². The fraction of sp³-hybridized carbons (Fsp3) is 0.435. The van der Waals surface area contributed by atoms with E-state index in [1.165, 1.54) is 0 Å². The quantitative estimate of drug-likeness (QED) is 0.725. The molecule has 29 heavy (non-hydrogen) atoms. The maximum absolute atomic E-state index is 11.8. The van der Waals surface area contributed by atoms with E-state index in [2.05, 4.69) is 36.0 Å². The molecule has 0 atom stereocenters. The highest BCUT2D eigenvalue weighted by Crippen LogP contribution is 2.19. The number of rotatable bonds is 6. The van der Waals surface area contributed by atoms with Crippen LogP contribution >= 0.6 is 0 Å². The van der Waals surface area contributed by atoms with Gasteiger partial charge in [-0.25, -0.2) is 0 Å². The van der Waals surface area contributed by atoms with E-state index in [0.29, 0.717) is 25.4 Å². The molecular formula is C23H33N5O. The summed E-state index contributed by atoms with van der Waals surface area (Å²) in [6.45, 7) is 7.85. The second-order valence-corrected chi connectivity index (χ2v) is 7.75. The van der Waals surface area contributed by atoms with E-state index in [0.717, 1.165) is 46.6 Å². The molecule has 1 aromatic rings. The molecule has 6 nitrogen and oxygen atoms in total. The van der Waals surface area contributed by atoms with Crippen LogP contribution in [0.15, 0.2) is 51.7 Å². The lowest BCUT2D eigenvalue weighted by molar-refractivity contribution is -0.128. The zero-order chi connectivity index (χ0) is 21.4. The Bertz CT molecular complexity index is 831. The summed E-state index contributed by atoms with van der Waals surface area (Å²) in [5.74, 6) is 0.578. The van der Waals surface area contributed by atoms with E-state index in [9.17, 15) is 4.79 Å². The normalized spacial score (nSPS) is 18.7. The third-order valence-corrected chi connectivity index (χ3v) is 4.98. The number of aliphatic imine (C=N–C) groups is 2. The van der Waals surface area contributed by atoms with Crippen LogP contribution in [0.2, 0.25) is 0 Å². The summed E-state index contributed by atoms with van der Waals surface area (Å²) in [4.78, 5) is 22.4. The van der Waals surface area contributed by atoms with Crippen LogP contribution in [-0.2, 0) is 11.2 Å². The minimum absolute atomic E-state index is 0.0649. The Labute approximate surface area is 174 Å². The second-order valence-electron chi connectivity index (χ2n) is 7.75. The third kappa shape index (κ3) is 6.31. The Hall–Kier alpha value is -2.89. The fourth-order valence-electron chi connectivity index (χ4n) is 3.27. The van der Waals surface area contributed by atoms with Crippen molar-refractivity contribution >= 4 is 23.4 Å². The van der Waals surface area contributed by atoms with Gasteiger partial charge in [0.2, 0.25) is 5.91 Å². The first-order valence-electron chi connectivity index (χ1n) is 10.1. The number of carbonyl (C=O) groups excluding carboxylic acids is 1. The molecule has 1 fully saturated rings. The third-order valence-electron chi connectivity index (χ3n) is 4.98. The first-order valence-corrected chi connectivity index (χ1v) is 10.1. The van der Waals surface area contributed by atoms with Gasteiger partial charge in [-0.15, -0.1) is 0 Å². The zero-order valence-electron chi connectivity index (χ0n) is 18.0. The number of nitrogens with zero attached hydrogens (tertiary/aromatic N) is 3. The Morgan fingerprint density at radius 1 is 1.28 bits per heavy atom. The van der Waals surface area contributed by atoms with Gasteiger partial charge in [-0.2, -0.15) is 0 Å². The maximum atomic E-state index is 11.8. The number of carbonyl (C=O) groups is 1. The van der Waals surface area contributed by atoms with Gasteiger partial charge in [0, 0.05) is 81.4 Å². The maximum Gasteiger partial charge on any atom is 0.219 e. The van der Waals surface area contributed by atoms with Crippen molar-refractivity contribution in [2.75, 3.05) is 26.7 Å². The molecular weight excluding hydrogens is 362 g/mol. The number of hydrogen-bond acceptors (Lipinski definition) is 5. The Balaban J connectivity index is 2.16. The van der Waals surface area contributed by atoms with Crippen LogP contribution < -0.4 is 11.5 Å². The monoisotopic (exact) mass is 395 g/mol. The summed E-state index contributed by atoms with van der Waals surface area (Å²) in [5, 5.41) is 0. The van der Waals surface area contributed by atoms with Crippen LogP contribution in [0.5, 0.6) is 0 Å². The minimum atomic E-state index is 0.0649. The molecule has 0 spiro atoms. The molecule has 2 rings (SSSR count). The van der Waals surface area contributed by atoms with E-state index < -0.39 is 0 Å². The molecule has 6 heteroatoms. The number of benzene rings is 1. The SMILES string of the molecule is CN=C1CCN(C(C)=O)CC1=C(N)Cc1ccc(C(C=NCC(C)C)=CN)cc1. The lowest BCUT2D eigenvalue weighted by atomic mass is 9.96. The molecule has 156 valence electrons. The van der Waals surface area contributed by atoms with E-state index in [-0.39, 0.29) is 5.91 Å². The van der Waals surface area contributed by atoms with E-state index in [4.69, 9.17) is 11.5 Å². The molecule has 1 aliphatic rings. The average Bonchev–Trinajstić information content (AvgIpc) is 2.71. The summed E-state index contributed by atoms with van der Waals surface area (Å²) in [6, 6.07) is 8.17. The average molecular weight is 396 g/mol. The summed E-state index contributed by atoms with van der Waals surface area (Å²) in [5.41, 5.74) is 18.0. The molecule has 0 unspecified atom stereocenters. The van der Waals surface area contributed by atoms with Crippen LogP contribution in [0.1, 0.15) is 38.3 Å². The van der Waals surface area contributed by atoms with Gasteiger partial charge in [0.25, 0.3) is 0 Å². The van der Waals surface area contributed by atoms with Gasteiger partial charge in [-0.3, -0.25) is 14.8 Å². The molecule has 0 aliphatic carbocycles.